The standard InChI is InChI=1S/C21H23NO5/c1-23-10-11-26-15-27-19-7-4-16(5-8-19)12-18(14-22)17-6-9-20(24-2)21(13-17)25-3/h4-9,12-13H,10-11,15H2,1-3H3/b18-12+. The van der Waals surface area contributed by atoms with Crippen molar-refractivity contribution in [1.29, 1.82) is 5.26 Å². The predicted octanol–water partition coefficient (Wildman–Crippen LogP) is 3.77. The molecule has 0 bridgehead atoms. The van der Waals surface area contributed by atoms with Crippen LogP contribution in [-0.2, 0) is 9.47 Å². The first-order valence-corrected chi connectivity index (χ1v) is 8.35. The number of rotatable bonds is 10. The zero-order valence-electron chi connectivity index (χ0n) is 15.7. The van der Waals surface area contributed by atoms with Crippen LogP contribution < -0.4 is 14.2 Å². The van der Waals surface area contributed by atoms with E-state index >= 15 is 0 Å². The highest BCUT2D eigenvalue weighted by molar-refractivity contribution is 5.90. The summed E-state index contributed by atoms with van der Waals surface area (Å²) < 4.78 is 26.2. The van der Waals surface area contributed by atoms with Crippen molar-refractivity contribution in [3.8, 4) is 23.3 Å². The van der Waals surface area contributed by atoms with Crippen LogP contribution in [0.3, 0.4) is 0 Å². The summed E-state index contributed by atoms with van der Waals surface area (Å²) in [5, 5.41) is 9.53. The first-order valence-electron chi connectivity index (χ1n) is 8.35. The van der Waals surface area contributed by atoms with E-state index in [1.165, 1.54) is 0 Å². The summed E-state index contributed by atoms with van der Waals surface area (Å²) in [5.74, 6) is 1.88. The molecule has 0 amide bonds. The first kappa shape index (κ1) is 20.3. The third-order valence-electron chi connectivity index (χ3n) is 3.75. The Balaban J connectivity index is 2.08. The maximum Gasteiger partial charge on any atom is 0.189 e. The average Bonchev–Trinajstić information content (AvgIpc) is 2.72. The van der Waals surface area contributed by atoms with Crippen molar-refractivity contribution in [2.24, 2.45) is 0 Å². The maximum absolute atomic E-state index is 9.53. The molecular formula is C21H23NO5. The molecule has 2 rings (SSSR count). The number of nitriles is 1. The highest BCUT2D eigenvalue weighted by Gasteiger charge is 2.08. The fourth-order valence-electron chi connectivity index (χ4n) is 2.32. The van der Waals surface area contributed by atoms with Crippen LogP contribution >= 0.6 is 0 Å². The molecule has 0 heterocycles. The average molecular weight is 369 g/mol. The van der Waals surface area contributed by atoms with Gasteiger partial charge in [-0.15, -0.1) is 0 Å². The third kappa shape index (κ3) is 6.03. The molecule has 0 aliphatic rings. The summed E-state index contributed by atoms with van der Waals surface area (Å²) in [6, 6.07) is 15.0. The Bertz CT molecular complexity index is 793. The molecule has 0 atom stereocenters. The molecule has 27 heavy (non-hydrogen) atoms. The maximum atomic E-state index is 9.53. The Hall–Kier alpha value is -3.01. The van der Waals surface area contributed by atoms with Crippen molar-refractivity contribution < 1.29 is 23.7 Å². The van der Waals surface area contributed by atoms with Gasteiger partial charge in [-0.2, -0.15) is 5.26 Å². The second-order valence-electron chi connectivity index (χ2n) is 5.47. The SMILES string of the molecule is COCCOCOc1ccc(/C=C(\C#N)c2ccc(OC)c(OC)c2)cc1. The van der Waals surface area contributed by atoms with Gasteiger partial charge in [0.15, 0.2) is 18.3 Å². The summed E-state index contributed by atoms with van der Waals surface area (Å²) in [5.41, 5.74) is 2.16. The minimum absolute atomic E-state index is 0.160. The molecule has 0 aliphatic heterocycles. The van der Waals surface area contributed by atoms with E-state index in [4.69, 9.17) is 23.7 Å². The third-order valence-corrected chi connectivity index (χ3v) is 3.75. The Morgan fingerprint density at radius 2 is 1.70 bits per heavy atom. The van der Waals surface area contributed by atoms with Crippen LogP contribution in [-0.4, -0.2) is 41.3 Å². The molecule has 6 nitrogen and oxygen atoms in total. The van der Waals surface area contributed by atoms with Gasteiger partial charge in [0, 0.05) is 7.11 Å². The number of allylic oxidation sites excluding steroid dienone is 1. The van der Waals surface area contributed by atoms with Crippen molar-refractivity contribution in [2.75, 3.05) is 41.3 Å². The minimum Gasteiger partial charge on any atom is -0.493 e. The van der Waals surface area contributed by atoms with Crippen molar-refractivity contribution >= 4 is 11.6 Å². The van der Waals surface area contributed by atoms with Gasteiger partial charge in [0.2, 0.25) is 0 Å². The van der Waals surface area contributed by atoms with Gasteiger partial charge in [0.1, 0.15) is 5.75 Å². The molecule has 0 unspecified atom stereocenters. The predicted molar refractivity (Wildman–Crippen MR) is 103 cm³/mol. The van der Waals surface area contributed by atoms with Gasteiger partial charge < -0.3 is 23.7 Å². The Kier molecular flexibility index (Phi) is 8.17. The second-order valence-corrected chi connectivity index (χ2v) is 5.47. The molecule has 0 fully saturated rings. The lowest BCUT2D eigenvalue weighted by Gasteiger charge is -2.09. The molecule has 2 aromatic carbocycles. The van der Waals surface area contributed by atoms with Crippen LogP contribution in [0.2, 0.25) is 0 Å². The number of benzene rings is 2. The molecule has 0 N–H and O–H groups in total. The van der Waals surface area contributed by atoms with E-state index in [1.54, 1.807) is 39.5 Å². The quantitative estimate of drug-likeness (QED) is 0.275. The molecule has 6 heteroatoms. The summed E-state index contributed by atoms with van der Waals surface area (Å²) in [4.78, 5) is 0. The van der Waals surface area contributed by atoms with E-state index in [0.717, 1.165) is 11.1 Å². The molecule has 0 radical (unpaired) electrons. The second kappa shape index (κ2) is 10.9. The molecule has 0 saturated carbocycles. The highest BCUT2D eigenvalue weighted by Crippen LogP contribution is 2.31. The van der Waals surface area contributed by atoms with E-state index < -0.39 is 0 Å². The fraction of sp³-hybridized carbons (Fsp3) is 0.286. The lowest BCUT2D eigenvalue weighted by Crippen LogP contribution is -2.07. The van der Waals surface area contributed by atoms with E-state index in [2.05, 4.69) is 6.07 Å². The summed E-state index contributed by atoms with van der Waals surface area (Å²) in [6.45, 7) is 1.17. The van der Waals surface area contributed by atoms with Crippen molar-refractivity contribution in [3.63, 3.8) is 0 Å². The number of nitrogens with zero attached hydrogens (tertiary/aromatic N) is 1. The molecule has 2 aromatic rings. The van der Waals surface area contributed by atoms with Gasteiger partial charge in [0.25, 0.3) is 0 Å². The van der Waals surface area contributed by atoms with Crippen LogP contribution in [0.25, 0.3) is 11.6 Å². The lowest BCUT2D eigenvalue weighted by molar-refractivity contribution is -0.00847. The Morgan fingerprint density at radius 3 is 2.33 bits per heavy atom. The molecule has 0 aromatic heterocycles. The van der Waals surface area contributed by atoms with E-state index in [1.807, 2.05) is 30.3 Å². The van der Waals surface area contributed by atoms with Gasteiger partial charge in [-0.05, 0) is 47.5 Å². The minimum atomic E-state index is 0.160. The van der Waals surface area contributed by atoms with Crippen LogP contribution in [0.15, 0.2) is 42.5 Å². The van der Waals surface area contributed by atoms with E-state index in [-0.39, 0.29) is 6.79 Å². The molecule has 0 saturated heterocycles. The van der Waals surface area contributed by atoms with E-state index in [0.29, 0.717) is 36.0 Å². The van der Waals surface area contributed by atoms with Crippen molar-refractivity contribution in [1.82, 2.24) is 0 Å². The van der Waals surface area contributed by atoms with Crippen molar-refractivity contribution in [2.45, 2.75) is 0 Å². The topological polar surface area (TPSA) is 69.9 Å². The van der Waals surface area contributed by atoms with Crippen LogP contribution in [0.1, 0.15) is 11.1 Å². The van der Waals surface area contributed by atoms with Crippen LogP contribution in [0, 0.1) is 11.3 Å². The smallest absolute Gasteiger partial charge is 0.189 e. The van der Waals surface area contributed by atoms with E-state index in [9.17, 15) is 5.26 Å². The van der Waals surface area contributed by atoms with Gasteiger partial charge in [-0.25, -0.2) is 0 Å². The van der Waals surface area contributed by atoms with Gasteiger partial charge in [-0.1, -0.05) is 12.1 Å². The highest BCUT2D eigenvalue weighted by atomic mass is 16.7. The molecule has 142 valence electrons. The van der Waals surface area contributed by atoms with Gasteiger partial charge in [-0.3, -0.25) is 0 Å². The summed E-state index contributed by atoms with van der Waals surface area (Å²) in [7, 11) is 4.76. The zero-order chi connectivity index (χ0) is 19.5. The number of hydrogen-bond donors (Lipinski definition) is 0. The van der Waals surface area contributed by atoms with Crippen LogP contribution in [0.4, 0.5) is 0 Å². The molecule has 0 aliphatic carbocycles. The normalized spacial score (nSPS) is 11.0. The van der Waals surface area contributed by atoms with Crippen molar-refractivity contribution in [3.05, 3.63) is 53.6 Å². The molecule has 0 spiro atoms. The number of hydrogen-bond acceptors (Lipinski definition) is 6. The Morgan fingerprint density at radius 1 is 0.963 bits per heavy atom. The zero-order valence-corrected chi connectivity index (χ0v) is 15.7. The summed E-state index contributed by atoms with van der Waals surface area (Å²) >= 11 is 0. The largest absolute Gasteiger partial charge is 0.493 e. The first-order chi connectivity index (χ1) is 13.2. The monoisotopic (exact) mass is 369 g/mol. The fourth-order valence-corrected chi connectivity index (χ4v) is 2.32. The lowest BCUT2D eigenvalue weighted by atomic mass is 10.0. The Labute approximate surface area is 159 Å². The summed E-state index contributed by atoms with van der Waals surface area (Å²) in [6.07, 6.45) is 1.81. The molecular weight excluding hydrogens is 346 g/mol. The van der Waals surface area contributed by atoms with Gasteiger partial charge >= 0.3 is 0 Å². The van der Waals surface area contributed by atoms with Gasteiger partial charge in [0.05, 0.1) is 39.1 Å². The number of ether oxygens (including phenoxy) is 5. The van der Waals surface area contributed by atoms with Crippen LogP contribution in [0.5, 0.6) is 17.2 Å². The number of methoxy groups -OCH3 is 3.